The fraction of sp³-hybridized carbons (Fsp3) is 0.636. The van der Waals surface area contributed by atoms with Crippen LogP contribution in [-0.2, 0) is 9.47 Å². The molecule has 17 heavy (non-hydrogen) atoms. The van der Waals surface area contributed by atoms with Crippen LogP contribution in [0.3, 0.4) is 0 Å². The molecule has 0 saturated carbocycles. The lowest BCUT2D eigenvalue weighted by Crippen LogP contribution is -2.24. The molecule has 0 unspecified atom stereocenters. The highest BCUT2D eigenvalue weighted by Crippen LogP contribution is 2.17. The lowest BCUT2D eigenvalue weighted by Gasteiger charge is -2.15. The van der Waals surface area contributed by atoms with Gasteiger partial charge in [-0.3, -0.25) is 0 Å². The second-order valence-electron chi connectivity index (χ2n) is 3.87. The lowest BCUT2D eigenvalue weighted by atomic mass is 10.2. The zero-order chi connectivity index (χ0) is 12.8. The van der Waals surface area contributed by atoms with Crippen LogP contribution in [0.4, 0.5) is 5.82 Å². The van der Waals surface area contributed by atoms with Crippen molar-refractivity contribution in [2.75, 3.05) is 26.1 Å². The fourth-order valence-corrected chi connectivity index (χ4v) is 1.63. The van der Waals surface area contributed by atoms with Gasteiger partial charge in [0.2, 0.25) is 0 Å². The first-order valence-corrected chi connectivity index (χ1v) is 6.20. The number of nitrogens with zero attached hydrogens (tertiary/aromatic N) is 2. The first kappa shape index (κ1) is 14.3. The van der Waals surface area contributed by atoms with Crippen molar-refractivity contribution in [3.8, 4) is 0 Å². The van der Waals surface area contributed by atoms with Gasteiger partial charge in [0.05, 0.1) is 6.54 Å². The standard InChI is InChI=1S/C11H18BrN3O2/c1-7(2)11-14-8(12)5-9(15-11)13-6-10(16-3)17-4/h5,7,10H,6H2,1-4H3,(H,13,14,15). The van der Waals surface area contributed by atoms with Crippen LogP contribution in [0.5, 0.6) is 0 Å². The number of methoxy groups -OCH3 is 2. The van der Waals surface area contributed by atoms with Crippen LogP contribution < -0.4 is 5.32 Å². The van der Waals surface area contributed by atoms with E-state index < -0.39 is 0 Å². The van der Waals surface area contributed by atoms with Gasteiger partial charge < -0.3 is 14.8 Å². The molecule has 6 heteroatoms. The average Bonchev–Trinajstić information content (AvgIpc) is 2.29. The first-order chi connectivity index (χ1) is 8.06. The maximum Gasteiger partial charge on any atom is 0.173 e. The Labute approximate surface area is 110 Å². The van der Waals surface area contributed by atoms with E-state index in [0.29, 0.717) is 6.54 Å². The zero-order valence-corrected chi connectivity index (χ0v) is 12.1. The molecular formula is C11H18BrN3O2. The molecule has 1 heterocycles. The molecule has 0 aliphatic heterocycles. The van der Waals surface area contributed by atoms with Gasteiger partial charge in [-0.15, -0.1) is 0 Å². The largest absolute Gasteiger partial charge is 0.365 e. The van der Waals surface area contributed by atoms with Crippen LogP contribution in [0.2, 0.25) is 0 Å². The summed E-state index contributed by atoms with van der Waals surface area (Å²) >= 11 is 3.37. The minimum absolute atomic E-state index is 0.286. The number of aromatic nitrogens is 2. The van der Waals surface area contributed by atoms with Crippen molar-refractivity contribution in [3.63, 3.8) is 0 Å². The van der Waals surface area contributed by atoms with E-state index in [4.69, 9.17) is 9.47 Å². The summed E-state index contributed by atoms with van der Waals surface area (Å²) in [7, 11) is 3.20. The van der Waals surface area contributed by atoms with Crippen LogP contribution in [0.15, 0.2) is 10.7 Å². The number of hydrogen-bond donors (Lipinski definition) is 1. The summed E-state index contributed by atoms with van der Waals surface area (Å²) in [5.41, 5.74) is 0. The number of nitrogens with one attached hydrogen (secondary N) is 1. The van der Waals surface area contributed by atoms with Gasteiger partial charge in [-0.05, 0) is 15.9 Å². The molecule has 1 N–H and O–H groups in total. The van der Waals surface area contributed by atoms with Crippen LogP contribution in [0.1, 0.15) is 25.6 Å². The second-order valence-corrected chi connectivity index (χ2v) is 4.68. The summed E-state index contributed by atoms with van der Waals surface area (Å²) in [6.45, 7) is 4.64. The number of anilines is 1. The molecule has 96 valence electrons. The fourth-order valence-electron chi connectivity index (χ4n) is 1.23. The van der Waals surface area contributed by atoms with Gasteiger partial charge in [-0.1, -0.05) is 13.8 Å². The third-order valence-corrected chi connectivity index (χ3v) is 2.61. The highest BCUT2D eigenvalue weighted by molar-refractivity contribution is 9.10. The molecule has 0 aliphatic rings. The second kappa shape index (κ2) is 6.88. The van der Waals surface area contributed by atoms with Gasteiger partial charge >= 0.3 is 0 Å². The Hall–Kier alpha value is -0.720. The Morgan fingerprint density at radius 3 is 2.47 bits per heavy atom. The molecule has 0 amide bonds. The third-order valence-electron chi connectivity index (χ3n) is 2.20. The Kier molecular flexibility index (Phi) is 5.80. The summed E-state index contributed by atoms with van der Waals surface area (Å²) in [5.74, 6) is 1.84. The minimum atomic E-state index is -0.286. The van der Waals surface area contributed by atoms with Crippen LogP contribution in [0.25, 0.3) is 0 Å². The van der Waals surface area contributed by atoms with Gasteiger partial charge in [0, 0.05) is 26.2 Å². The molecule has 1 aromatic heterocycles. The molecule has 0 fully saturated rings. The van der Waals surface area contributed by atoms with Crippen molar-refractivity contribution in [3.05, 3.63) is 16.5 Å². The van der Waals surface area contributed by atoms with Crippen LogP contribution in [-0.4, -0.2) is 37.0 Å². The molecular weight excluding hydrogens is 286 g/mol. The Morgan fingerprint density at radius 2 is 1.94 bits per heavy atom. The van der Waals surface area contributed by atoms with Gasteiger partial charge in [0.15, 0.2) is 6.29 Å². The molecule has 1 rings (SSSR count). The molecule has 0 spiro atoms. The zero-order valence-electron chi connectivity index (χ0n) is 10.5. The Bertz CT molecular complexity index is 357. The molecule has 0 atom stereocenters. The quantitative estimate of drug-likeness (QED) is 0.646. The molecule has 0 aromatic carbocycles. The SMILES string of the molecule is COC(CNc1cc(Br)nc(C(C)C)n1)OC. The van der Waals surface area contributed by atoms with E-state index in [-0.39, 0.29) is 12.2 Å². The summed E-state index contributed by atoms with van der Waals surface area (Å²) in [5, 5.41) is 3.15. The predicted octanol–water partition coefficient (Wildman–Crippen LogP) is 2.39. The van der Waals surface area contributed by atoms with E-state index >= 15 is 0 Å². The number of hydrogen-bond acceptors (Lipinski definition) is 5. The highest BCUT2D eigenvalue weighted by Gasteiger charge is 2.09. The number of halogens is 1. The maximum absolute atomic E-state index is 5.09. The average molecular weight is 304 g/mol. The van der Waals surface area contributed by atoms with E-state index in [1.54, 1.807) is 14.2 Å². The van der Waals surface area contributed by atoms with Crippen LogP contribution in [0, 0.1) is 0 Å². The third kappa shape index (κ3) is 4.57. The van der Waals surface area contributed by atoms with E-state index in [9.17, 15) is 0 Å². The van der Waals surface area contributed by atoms with Crippen molar-refractivity contribution in [2.45, 2.75) is 26.1 Å². The monoisotopic (exact) mass is 303 g/mol. The molecule has 0 bridgehead atoms. The Morgan fingerprint density at radius 1 is 1.29 bits per heavy atom. The smallest absolute Gasteiger partial charge is 0.173 e. The van der Waals surface area contributed by atoms with Crippen molar-refractivity contribution in [1.29, 1.82) is 0 Å². The summed E-state index contributed by atoms with van der Waals surface area (Å²) in [4.78, 5) is 8.71. The van der Waals surface area contributed by atoms with E-state index in [1.165, 1.54) is 0 Å². The maximum atomic E-state index is 5.09. The molecule has 0 saturated heterocycles. The van der Waals surface area contributed by atoms with E-state index in [0.717, 1.165) is 16.2 Å². The predicted molar refractivity (Wildman–Crippen MR) is 70.1 cm³/mol. The van der Waals surface area contributed by atoms with Gasteiger partial charge in [0.1, 0.15) is 16.2 Å². The van der Waals surface area contributed by atoms with Crippen molar-refractivity contribution >= 4 is 21.7 Å². The van der Waals surface area contributed by atoms with Crippen molar-refractivity contribution in [2.24, 2.45) is 0 Å². The van der Waals surface area contributed by atoms with E-state index in [2.05, 4.69) is 45.1 Å². The number of ether oxygens (including phenoxy) is 2. The van der Waals surface area contributed by atoms with Crippen molar-refractivity contribution < 1.29 is 9.47 Å². The normalized spacial score (nSPS) is 11.2. The summed E-state index contributed by atoms with van der Waals surface area (Å²) in [6.07, 6.45) is -0.286. The van der Waals surface area contributed by atoms with Crippen LogP contribution >= 0.6 is 15.9 Å². The van der Waals surface area contributed by atoms with E-state index in [1.807, 2.05) is 6.07 Å². The minimum Gasteiger partial charge on any atom is -0.365 e. The van der Waals surface area contributed by atoms with Gasteiger partial charge in [-0.2, -0.15) is 0 Å². The summed E-state index contributed by atoms with van der Waals surface area (Å²) < 4.78 is 10.9. The molecule has 0 aliphatic carbocycles. The van der Waals surface area contributed by atoms with Gasteiger partial charge in [-0.25, -0.2) is 9.97 Å². The molecule has 5 nitrogen and oxygen atoms in total. The summed E-state index contributed by atoms with van der Waals surface area (Å²) in [6, 6.07) is 1.83. The topological polar surface area (TPSA) is 56.3 Å². The molecule has 1 aromatic rings. The lowest BCUT2D eigenvalue weighted by molar-refractivity contribution is -0.0914. The number of rotatable bonds is 6. The Balaban J connectivity index is 2.70. The first-order valence-electron chi connectivity index (χ1n) is 5.40. The molecule has 0 radical (unpaired) electrons. The highest BCUT2D eigenvalue weighted by atomic mass is 79.9. The van der Waals surface area contributed by atoms with Crippen molar-refractivity contribution in [1.82, 2.24) is 9.97 Å². The van der Waals surface area contributed by atoms with Gasteiger partial charge in [0.25, 0.3) is 0 Å².